The first-order chi connectivity index (χ1) is 7.33. The number of hydrogen-bond donors (Lipinski definition) is 0. The fraction of sp³-hybridized carbons (Fsp3) is 0.417. The highest BCUT2D eigenvalue weighted by atomic mass is 16.5. The summed E-state index contributed by atoms with van der Waals surface area (Å²) in [5.74, 6) is 0.952. The molecule has 0 aliphatic carbocycles. The van der Waals surface area contributed by atoms with E-state index >= 15 is 0 Å². The van der Waals surface area contributed by atoms with Crippen molar-refractivity contribution in [3.05, 3.63) is 23.8 Å². The number of carbonyl (C=O) groups is 1. The second kappa shape index (κ2) is 4.34. The molecule has 3 heteroatoms. The molecule has 80 valence electrons. The number of likely N-dealkylation sites (N-methyl/N-ethyl adjacent to an activating group) is 1. The number of para-hydroxylation sites is 1. The average molecular weight is 205 g/mol. The van der Waals surface area contributed by atoms with Crippen LogP contribution >= 0.6 is 0 Å². The topological polar surface area (TPSA) is 29.5 Å². The summed E-state index contributed by atoms with van der Waals surface area (Å²) < 4.78 is 5.66. The molecule has 1 aromatic rings. The first kappa shape index (κ1) is 10.0. The molecule has 0 radical (unpaired) electrons. The first-order valence-electron chi connectivity index (χ1n) is 5.22. The highest BCUT2D eigenvalue weighted by molar-refractivity contribution is 5.63. The van der Waals surface area contributed by atoms with E-state index in [1.54, 1.807) is 0 Å². The van der Waals surface area contributed by atoms with Gasteiger partial charge in [-0.15, -0.1) is 0 Å². The Kier molecular flexibility index (Phi) is 2.90. The zero-order valence-electron chi connectivity index (χ0n) is 8.90. The highest BCUT2D eigenvalue weighted by Gasteiger charge is 2.17. The third kappa shape index (κ3) is 1.96. The average Bonchev–Trinajstić information content (AvgIpc) is 2.27. The summed E-state index contributed by atoms with van der Waals surface area (Å²) >= 11 is 0. The van der Waals surface area contributed by atoms with E-state index in [9.17, 15) is 4.79 Å². The van der Waals surface area contributed by atoms with E-state index < -0.39 is 0 Å². The molecular formula is C12H15NO2. The van der Waals surface area contributed by atoms with E-state index in [-0.39, 0.29) is 0 Å². The quantitative estimate of drug-likeness (QED) is 0.703. The molecule has 1 heterocycles. The molecule has 0 N–H and O–H groups in total. The van der Waals surface area contributed by atoms with Crippen LogP contribution in [-0.2, 0) is 11.2 Å². The lowest BCUT2D eigenvalue weighted by atomic mass is 10.1. The summed E-state index contributed by atoms with van der Waals surface area (Å²) in [6.07, 6.45) is 2.27. The fourth-order valence-corrected chi connectivity index (χ4v) is 1.85. The Bertz CT molecular complexity index is 363. The molecule has 1 aliphatic rings. The number of hydrogen-bond acceptors (Lipinski definition) is 3. The molecule has 0 saturated carbocycles. The standard InChI is InChI=1S/C12H15NO2/c1-13-7-9-15-12-10(5-3-8-14)4-2-6-11(12)13/h2,4,6,8H,3,5,7,9H2,1H3. The van der Waals surface area contributed by atoms with Gasteiger partial charge in [0.2, 0.25) is 0 Å². The van der Waals surface area contributed by atoms with E-state index in [4.69, 9.17) is 4.74 Å². The first-order valence-corrected chi connectivity index (χ1v) is 5.22. The summed E-state index contributed by atoms with van der Waals surface area (Å²) in [5, 5.41) is 0. The lowest BCUT2D eigenvalue weighted by Crippen LogP contribution is -2.29. The molecule has 0 amide bonds. The smallest absolute Gasteiger partial charge is 0.145 e. The van der Waals surface area contributed by atoms with Crippen LogP contribution in [0.25, 0.3) is 0 Å². The second-order valence-electron chi connectivity index (χ2n) is 3.74. The van der Waals surface area contributed by atoms with E-state index in [2.05, 4.69) is 18.0 Å². The van der Waals surface area contributed by atoms with Gasteiger partial charge < -0.3 is 14.4 Å². The molecule has 0 atom stereocenters. The molecule has 3 nitrogen and oxygen atoms in total. The lowest BCUT2D eigenvalue weighted by Gasteiger charge is -2.29. The minimum absolute atomic E-state index is 0.559. The Balaban J connectivity index is 2.31. The summed E-state index contributed by atoms with van der Waals surface area (Å²) in [6.45, 7) is 1.64. The molecular weight excluding hydrogens is 190 g/mol. The second-order valence-corrected chi connectivity index (χ2v) is 3.74. The van der Waals surface area contributed by atoms with Crippen LogP contribution in [0.15, 0.2) is 18.2 Å². The fourth-order valence-electron chi connectivity index (χ4n) is 1.85. The normalized spacial score (nSPS) is 14.3. The Morgan fingerprint density at radius 2 is 2.40 bits per heavy atom. The zero-order valence-corrected chi connectivity index (χ0v) is 8.90. The number of carbonyl (C=O) groups excluding carboxylic acids is 1. The van der Waals surface area contributed by atoms with Crippen molar-refractivity contribution in [3.8, 4) is 5.75 Å². The monoisotopic (exact) mass is 205 g/mol. The number of aldehydes is 1. The predicted molar refractivity (Wildman–Crippen MR) is 59.6 cm³/mol. The molecule has 0 unspecified atom stereocenters. The van der Waals surface area contributed by atoms with E-state index in [0.29, 0.717) is 6.42 Å². The minimum Gasteiger partial charge on any atom is -0.489 e. The van der Waals surface area contributed by atoms with Gasteiger partial charge in [0.15, 0.2) is 0 Å². The maximum atomic E-state index is 10.4. The van der Waals surface area contributed by atoms with Crippen LogP contribution in [0.2, 0.25) is 0 Å². The molecule has 0 aromatic heterocycles. The van der Waals surface area contributed by atoms with Crippen LogP contribution in [-0.4, -0.2) is 26.5 Å². The highest BCUT2D eigenvalue weighted by Crippen LogP contribution is 2.34. The van der Waals surface area contributed by atoms with Crippen molar-refractivity contribution in [1.82, 2.24) is 0 Å². The molecule has 1 aliphatic heterocycles. The number of nitrogens with zero attached hydrogens (tertiary/aromatic N) is 1. The number of anilines is 1. The van der Waals surface area contributed by atoms with Gasteiger partial charge in [-0.05, 0) is 18.1 Å². The molecule has 1 aromatic carbocycles. The molecule has 0 bridgehead atoms. The maximum Gasteiger partial charge on any atom is 0.145 e. The number of fused-ring (bicyclic) bond motifs is 1. The summed E-state index contributed by atoms with van der Waals surface area (Å²) in [4.78, 5) is 12.5. The molecule has 0 saturated heterocycles. The van der Waals surface area contributed by atoms with Gasteiger partial charge in [0, 0.05) is 13.5 Å². The van der Waals surface area contributed by atoms with Gasteiger partial charge in [-0.2, -0.15) is 0 Å². The van der Waals surface area contributed by atoms with Crippen molar-refractivity contribution in [2.24, 2.45) is 0 Å². The zero-order chi connectivity index (χ0) is 10.7. The van der Waals surface area contributed by atoms with E-state index in [1.165, 1.54) is 0 Å². The molecule has 15 heavy (non-hydrogen) atoms. The van der Waals surface area contributed by atoms with Crippen molar-refractivity contribution in [2.75, 3.05) is 25.1 Å². The minimum atomic E-state index is 0.559. The lowest BCUT2D eigenvalue weighted by molar-refractivity contribution is -0.107. The van der Waals surface area contributed by atoms with Gasteiger partial charge in [-0.25, -0.2) is 0 Å². The van der Waals surface area contributed by atoms with Crippen LogP contribution in [0.4, 0.5) is 5.69 Å². The number of benzene rings is 1. The number of ether oxygens (including phenoxy) is 1. The van der Waals surface area contributed by atoms with Crippen molar-refractivity contribution < 1.29 is 9.53 Å². The molecule has 2 rings (SSSR count). The largest absolute Gasteiger partial charge is 0.489 e. The summed E-state index contributed by atoms with van der Waals surface area (Å²) in [5.41, 5.74) is 2.26. The van der Waals surface area contributed by atoms with Crippen LogP contribution in [0, 0.1) is 0 Å². The van der Waals surface area contributed by atoms with Crippen molar-refractivity contribution in [1.29, 1.82) is 0 Å². The Hall–Kier alpha value is -1.51. The predicted octanol–water partition coefficient (Wildman–Crippen LogP) is 1.65. The summed E-state index contributed by atoms with van der Waals surface area (Å²) in [6, 6.07) is 6.10. The number of rotatable bonds is 3. The molecule has 0 spiro atoms. The third-order valence-electron chi connectivity index (χ3n) is 2.69. The Labute approximate surface area is 89.7 Å². The van der Waals surface area contributed by atoms with Crippen LogP contribution < -0.4 is 9.64 Å². The van der Waals surface area contributed by atoms with E-state index in [1.807, 2.05) is 12.1 Å². The maximum absolute atomic E-state index is 10.4. The molecule has 0 fully saturated rings. The van der Waals surface area contributed by atoms with Gasteiger partial charge in [0.05, 0.1) is 12.2 Å². The van der Waals surface area contributed by atoms with Gasteiger partial charge in [-0.1, -0.05) is 12.1 Å². The van der Waals surface area contributed by atoms with Gasteiger partial charge in [0.1, 0.15) is 18.6 Å². The summed E-state index contributed by atoms with van der Waals surface area (Å²) in [7, 11) is 2.06. The van der Waals surface area contributed by atoms with Gasteiger partial charge in [0.25, 0.3) is 0 Å². The Morgan fingerprint density at radius 3 is 3.20 bits per heavy atom. The third-order valence-corrected chi connectivity index (χ3v) is 2.69. The van der Waals surface area contributed by atoms with E-state index in [0.717, 1.165) is 42.9 Å². The van der Waals surface area contributed by atoms with Crippen LogP contribution in [0.3, 0.4) is 0 Å². The van der Waals surface area contributed by atoms with Crippen molar-refractivity contribution in [2.45, 2.75) is 12.8 Å². The SMILES string of the molecule is CN1CCOc2c(CCC=O)cccc21. The Morgan fingerprint density at radius 1 is 1.53 bits per heavy atom. The van der Waals surface area contributed by atoms with Crippen molar-refractivity contribution >= 4 is 12.0 Å². The van der Waals surface area contributed by atoms with Gasteiger partial charge >= 0.3 is 0 Å². The van der Waals surface area contributed by atoms with Crippen molar-refractivity contribution in [3.63, 3.8) is 0 Å². The number of aryl methyl sites for hydroxylation is 1. The van der Waals surface area contributed by atoms with Gasteiger partial charge in [-0.3, -0.25) is 0 Å². The van der Waals surface area contributed by atoms with Crippen LogP contribution in [0.5, 0.6) is 5.75 Å². The van der Waals surface area contributed by atoms with Crippen LogP contribution in [0.1, 0.15) is 12.0 Å².